The van der Waals surface area contributed by atoms with Gasteiger partial charge in [0.25, 0.3) is 5.91 Å². The fraction of sp³-hybridized carbons (Fsp3) is 0.538. The van der Waals surface area contributed by atoms with Crippen LogP contribution in [0.2, 0.25) is 10.2 Å². The Balaban J connectivity index is 1.65. The van der Waals surface area contributed by atoms with Crippen LogP contribution in [0.4, 0.5) is 0 Å². The molecule has 96 valence electrons. The van der Waals surface area contributed by atoms with E-state index in [0.29, 0.717) is 10.4 Å². The third-order valence-electron chi connectivity index (χ3n) is 3.96. The molecular formula is C13H14Cl2N2O. The Hall–Kier alpha value is -0.800. The smallest absolute Gasteiger partial charge is 0.271 e. The third kappa shape index (κ3) is 2.34. The van der Waals surface area contributed by atoms with Crippen molar-refractivity contribution < 1.29 is 4.79 Å². The highest BCUT2D eigenvalue weighted by Crippen LogP contribution is 2.60. The lowest BCUT2D eigenvalue weighted by Gasteiger charge is -2.15. The van der Waals surface area contributed by atoms with Gasteiger partial charge in [0.2, 0.25) is 0 Å². The molecule has 0 aliphatic heterocycles. The van der Waals surface area contributed by atoms with E-state index in [2.05, 4.69) is 10.3 Å². The van der Waals surface area contributed by atoms with Crippen molar-refractivity contribution in [3.05, 3.63) is 28.0 Å². The molecule has 2 fully saturated rings. The SMILES string of the molecule is O=C(NCC1(C2CC2)CC1)c1nc(Cl)ccc1Cl. The first-order valence-electron chi connectivity index (χ1n) is 6.21. The van der Waals surface area contributed by atoms with Gasteiger partial charge >= 0.3 is 0 Å². The molecule has 2 aliphatic rings. The van der Waals surface area contributed by atoms with Crippen LogP contribution < -0.4 is 5.32 Å². The lowest BCUT2D eigenvalue weighted by Crippen LogP contribution is -2.32. The fourth-order valence-electron chi connectivity index (χ4n) is 2.50. The maximum atomic E-state index is 12.0. The average molecular weight is 285 g/mol. The van der Waals surface area contributed by atoms with Crippen LogP contribution in [-0.4, -0.2) is 17.4 Å². The van der Waals surface area contributed by atoms with Crippen LogP contribution in [0.5, 0.6) is 0 Å². The number of carbonyl (C=O) groups is 1. The van der Waals surface area contributed by atoms with Crippen molar-refractivity contribution in [2.45, 2.75) is 25.7 Å². The second kappa shape index (κ2) is 4.39. The predicted molar refractivity (Wildman–Crippen MR) is 71.0 cm³/mol. The first kappa shape index (κ1) is 12.2. The molecule has 3 rings (SSSR count). The lowest BCUT2D eigenvalue weighted by atomic mass is 10.0. The number of aromatic nitrogens is 1. The number of hydrogen-bond acceptors (Lipinski definition) is 2. The Morgan fingerprint density at radius 2 is 2.11 bits per heavy atom. The van der Waals surface area contributed by atoms with Gasteiger partial charge in [-0.2, -0.15) is 0 Å². The average Bonchev–Trinajstić information content (AvgIpc) is 3.21. The molecule has 0 bridgehead atoms. The first-order valence-corrected chi connectivity index (χ1v) is 6.97. The van der Waals surface area contributed by atoms with Crippen molar-refractivity contribution in [1.82, 2.24) is 10.3 Å². The number of halogens is 2. The Kier molecular flexibility index (Phi) is 2.99. The van der Waals surface area contributed by atoms with E-state index in [0.717, 1.165) is 12.5 Å². The lowest BCUT2D eigenvalue weighted by molar-refractivity contribution is 0.0938. The highest BCUT2D eigenvalue weighted by molar-refractivity contribution is 6.34. The molecule has 0 saturated heterocycles. The minimum atomic E-state index is -0.227. The second-order valence-corrected chi connectivity index (χ2v) is 6.08. The molecule has 1 amide bonds. The summed E-state index contributed by atoms with van der Waals surface area (Å²) in [6.45, 7) is 0.737. The third-order valence-corrected chi connectivity index (χ3v) is 4.48. The minimum absolute atomic E-state index is 0.218. The van der Waals surface area contributed by atoms with Gasteiger partial charge in [0.15, 0.2) is 0 Å². The number of nitrogens with one attached hydrogen (secondary N) is 1. The quantitative estimate of drug-likeness (QED) is 0.862. The van der Waals surface area contributed by atoms with E-state index in [1.165, 1.54) is 25.7 Å². The van der Waals surface area contributed by atoms with Gasteiger partial charge in [-0.3, -0.25) is 4.79 Å². The number of pyridine rings is 1. The van der Waals surface area contributed by atoms with E-state index < -0.39 is 0 Å². The molecule has 18 heavy (non-hydrogen) atoms. The molecule has 2 saturated carbocycles. The summed E-state index contributed by atoms with van der Waals surface area (Å²) < 4.78 is 0. The van der Waals surface area contributed by atoms with Gasteiger partial charge in [-0.15, -0.1) is 0 Å². The topological polar surface area (TPSA) is 42.0 Å². The summed E-state index contributed by atoms with van der Waals surface area (Å²) >= 11 is 11.7. The van der Waals surface area contributed by atoms with Gasteiger partial charge in [-0.05, 0) is 49.1 Å². The molecule has 1 aromatic rings. The van der Waals surface area contributed by atoms with Crippen LogP contribution in [0.3, 0.4) is 0 Å². The van der Waals surface area contributed by atoms with Gasteiger partial charge in [0, 0.05) is 6.54 Å². The molecule has 0 atom stereocenters. The number of hydrogen-bond donors (Lipinski definition) is 1. The van der Waals surface area contributed by atoms with E-state index in [4.69, 9.17) is 23.2 Å². The molecule has 1 N–H and O–H groups in total. The first-order chi connectivity index (χ1) is 8.61. The standard InChI is InChI=1S/C13H14Cl2N2O/c14-9-3-4-10(15)17-11(9)12(18)16-7-13(5-6-13)8-1-2-8/h3-4,8H,1-2,5-7H2,(H,16,18). The van der Waals surface area contributed by atoms with Gasteiger partial charge in [0.05, 0.1) is 5.02 Å². The molecule has 0 radical (unpaired) electrons. The Morgan fingerprint density at radius 1 is 1.39 bits per heavy atom. The predicted octanol–water partition coefficient (Wildman–Crippen LogP) is 3.31. The van der Waals surface area contributed by atoms with Crippen LogP contribution in [0.15, 0.2) is 12.1 Å². The van der Waals surface area contributed by atoms with Gasteiger partial charge in [-0.1, -0.05) is 23.2 Å². The van der Waals surface area contributed by atoms with Crippen LogP contribution in [0.25, 0.3) is 0 Å². The Labute approximate surface area is 116 Å². The highest BCUT2D eigenvalue weighted by atomic mass is 35.5. The molecule has 2 aliphatic carbocycles. The monoisotopic (exact) mass is 284 g/mol. The van der Waals surface area contributed by atoms with Gasteiger partial charge < -0.3 is 5.32 Å². The van der Waals surface area contributed by atoms with Crippen molar-refractivity contribution in [3.8, 4) is 0 Å². The number of nitrogens with zero attached hydrogens (tertiary/aromatic N) is 1. The van der Waals surface area contributed by atoms with Crippen molar-refractivity contribution in [1.29, 1.82) is 0 Å². The molecule has 0 unspecified atom stereocenters. The van der Waals surface area contributed by atoms with E-state index in [1.807, 2.05) is 0 Å². The summed E-state index contributed by atoms with van der Waals surface area (Å²) in [6.07, 6.45) is 5.08. The van der Waals surface area contributed by atoms with Crippen LogP contribution in [-0.2, 0) is 0 Å². The largest absolute Gasteiger partial charge is 0.350 e. The van der Waals surface area contributed by atoms with Crippen molar-refractivity contribution >= 4 is 29.1 Å². The van der Waals surface area contributed by atoms with Crippen LogP contribution in [0.1, 0.15) is 36.2 Å². The van der Waals surface area contributed by atoms with Gasteiger partial charge in [0.1, 0.15) is 10.8 Å². The minimum Gasteiger partial charge on any atom is -0.350 e. The van der Waals surface area contributed by atoms with Gasteiger partial charge in [-0.25, -0.2) is 4.98 Å². The Morgan fingerprint density at radius 3 is 2.72 bits per heavy atom. The van der Waals surface area contributed by atoms with E-state index in [-0.39, 0.29) is 16.8 Å². The van der Waals surface area contributed by atoms with Crippen molar-refractivity contribution in [2.75, 3.05) is 6.54 Å². The normalized spacial score (nSPS) is 20.6. The molecule has 0 aromatic carbocycles. The summed E-state index contributed by atoms with van der Waals surface area (Å²) in [5, 5.41) is 3.57. The highest BCUT2D eigenvalue weighted by Gasteiger charge is 2.53. The zero-order valence-corrected chi connectivity index (χ0v) is 11.4. The second-order valence-electron chi connectivity index (χ2n) is 5.28. The maximum Gasteiger partial charge on any atom is 0.271 e. The van der Waals surface area contributed by atoms with Crippen LogP contribution >= 0.6 is 23.2 Å². The molecule has 5 heteroatoms. The molecule has 3 nitrogen and oxygen atoms in total. The molecule has 0 spiro atoms. The van der Waals surface area contributed by atoms with Crippen molar-refractivity contribution in [3.63, 3.8) is 0 Å². The number of amides is 1. The summed E-state index contributed by atoms with van der Waals surface area (Å²) in [5.41, 5.74) is 0.594. The maximum absolute atomic E-state index is 12.0. The number of rotatable bonds is 4. The van der Waals surface area contributed by atoms with E-state index in [1.54, 1.807) is 12.1 Å². The number of carbonyl (C=O) groups excluding carboxylic acids is 1. The Bertz CT molecular complexity index is 496. The zero-order chi connectivity index (χ0) is 12.8. The van der Waals surface area contributed by atoms with Crippen LogP contribution in [0, 0.1) is 11.3 Å². The summed E-state index contributed by atoms with van der Waals surface area (Å²) in [4.78, 5) is 16.0. The summed E-state index contributed by atoms with van der Waals surface area (Å²) in [5.74, 6) is 0.593. The summed E-state index contributed by atoms with van der Waals surface area (Å²) in [7, 11) is 0. The molecule has 1 heterocycles. The van der Waals surface area contributed by atoms with E-state index in [9.17, 15) is 4.79 Å². The van der Waals surface area contributed by atoms with E-state index >= 15 is 0 Å². The zero-order valence-electron chi connectivity index (χ0n) is 9.88. The molecule has 1 aromatic heterocycles. The molecular weight excluding hydrogens is 271 g/mol. The van der Waals surface area contributed by atoms with Crippen molar-refractivity contribution in [2.24, 2.45) is 11.3 Å². The summed E-state index contributed by atoms with van der Waals surface area (Å²) in [6, 6.07) is 3.17. The fourth-order valence-corrected chi connectivity index (χ4v) is 2.84.